The van der Waals surface area contributed by atoms with Crippen LogP contribution in [0.4, 0.5) is 11.4 Å². The number of benzene rings is 1. The Labute approximate surface area is 117 Å². The monoisotopic (exact) mass is 283 g/mol. The van der Waals surface area contributed by atoms with Crippen LogP contribution in [0.25, 0.3) is 0 Å². The van der Waals surface area contributed by atoms with Gasteiger partial charge in [-0.2, -0.15) is 0 Å². The number of nitrogen functional groups attached to an aromatic ring is 1. The topological polar surface area (TPSA) is 78.6 Å². The van der Waals surface area contributed by atoms with Crippen LogP contribution in [0.2, 0.25) is 5.02 Å². The van der Waals surface area contributed by atoms with E-state index in [1.54, 1.807) is 0 Å². The van der Waals surface area contributed by atoms with Gasteiger partial charge in [-0.15, -0.1) is 0 Å². The molecule has 1 heterocycles. The van der Waals surface area contributed by atoms with Gasteiger partial charge in [-0.25, -0.2) is 0 Å². The lowest BCUT2D eigenvalue weighted by Crippen LogP contribution is -2.23. The number of carboxylic acid groups (broad SMARTS) is 1. The lowest BCUT2D eigenvalue weighted by atomic mass is 10.1. The van der Waals surface area contributed by atoms with E-state index in [-0.39, 0.29) is 6.54 Å². The van der Waals surface area contributed by atoms with E-state index in [1.165, 1.54) is 12.8 Å². The molecular weight excluding hydrogens is 266 g/mol. The maximum Gasteiger partial charge on any atom is 0.317 e. The van der Waals surface area contributed by atoms with Crippen LogP contribution >= 0.6 is 11.6 Å². The molecule has 1 saturated heterocycles. The molecule has 0 radical (unpaired) electrons. The van der Waals surface area contributed by atoms with Crippen molar-refractivity contribution in [1.29, 1.82) is 0 Å². The van der Waals surface area contributed by atoms with Crippen LogP contribution in [-0.4, -0.2) is 30.7 Å². The number of rotatable bonds is 5. The summed E-state index contributed by atoms with van der Waals surface area (Å²) in [4.78, 5) is 12.7. The summed E-state index contributed by atoms with van der Waals surface area (Å²) in [6.45, 7) is 2.26. The highest BCUT2D eigenvalue weighted by Gasteiger charge is 2.18. The van der Waals surface area contributed by atoms with E-state index in [0.717, 1.165) is 24.3 Å². The van der Waals surface area contributed by atoms with Crippen molar-refractivity contribution in [1.82, 2.24) is 5.32 Å². The summed E-state index contributed by atoms with van der Waals surface area (Å²) >= 11 is 6.40. The standard InChI is InChI=1S/C13H18ClN3O2/c14-13-9(7-16-8-12(18)19)10(15)3-4-11(13)17-5-1-2-6-17/h3-4,16H,1-2,5-8,15H2,(H,18,19). The zero-order valence-corrected chi connectivity index (χ0v) is 11.4. The average molecular weight is 284 g/mol. The van der Waals surface area contributed by atoms with E-state index in [4.69, 9.17) is 22.4 Å². The maximum absolute atomic E-state index is 10.5. The highest BCUT2D eigenvalue weighted by molar-refractivity contribution is 6.34. The van der Waals surface area contributed by atoms with E-state index in [0.29, 0.717) is 17.3 Å². The fourth-order valence-electron chi connectivity index (χ4n) is 2.30. The van der Waals surface area contributed by atoms with Gasteiger partial charge in [-0.3, -0.25) is 4.79 Å². The minimum absolute atomic E-state index is 0.107. The predicted octanol–water partition coefficient (Wildman–Crippen LogP) is 1.70. The predicted molar refractivity (Wildman–Crippen MR) is 76.7 cm³/mol. The minimum atomic E-state index is -0.898. The number of nitrogens with one attached hydrogen (secondary N) is 1. The molecule has 19 heavy (non-hydrogen) atoms. The van der Waals surface area contributed by atoms with Crippen LogP contribution < -0.4 is 16.0 Å². The molecule has 0 atom stereocenters. The first-order valence-corrected chi connectivity index (χ1v) is 6.71. The van der Waals surface area contributed by atoms with Crippen LogP contribution in [0.3, 0.4) is 0 Å². The lowest BCUT2D eigenvalue weighted by Gasteiger charge is -2.21. The molecule has 1 aliphatic rings. The van der Waals surface area contributed by atoms with E-state index in [1.807, 2.05) is 12.1 Å². The van der Waals surface area contributed by atoms with Gasteiger partial charge in [-0.1, -0.05) is 11.6 Å². The molecule has 1 fully saturated rings. The Balaban J connectivity index is 2.16. The number of nitrogens with zero attached hydrogens (tertiary/aromatic N) is 1. The van der Waals surface area contributed by atoms with E-state index >= 15 is 0 Å². The number of aliphatic carboxylic acids is 1. The average Bonchev–Trinajstić information content (AvgIpc) is 2.86. The Morgan fingerprint density at radius 3 is 2.74 bits per heavy atom. The molecule has 2 rings (SSSR count). The Kier molecular flexibility index (Phi) is 4.50. The van der Waals surface area contributed by atoms with E-state index in [2.05, 4.69) is 10.2 Å². The third-order valence-corrected chi connectivity index (χ3v) is 3.71. The van der Waals surface area contributed by atoms with Crippen molar-refractivity contribution >= 4 is 28.9 Å². The molecule has 1 aliphatic heterocycles. The van der Waals surface area contributed by atoms with Crippen LogP contribution in [0, 0.1) is 0 Å². The molecule has 4 N–H and O–H groups in total. The van der Waals surface area contributed by atoms with Crippen molar-refractivity contribution in [2.75, 3.05) is 30.3 Å². The van der Waals surface area contributed by atoms with Gasteiger partial charge in [-0.05, 0) is 25.0 Å². The van der Waals surface area contributed by atoms with Crippen molar-refractivity contribution in [3.63, 3.8) is 0 Å². The van der Waals surface area contributed by atoms with Gasteiger partial charge in [0.1, 0.15) is 0 Å². The summed E-state index contributed by atoms with van der Waals surface area (Å²) in [5, 5.41) is 12.1. The quantitative estimate of drug-likeness (QED) is 0.717. The maximum atomic E-state index is 10.5. The van der Waals surface area contributed by atoms with Crippen LogP contribution in [0.1, 0.15) is 18.4 Å². The van der Waals surface area contributed by atoms with Gasteiger partial charge in [0.05, 0.1) is 17.3 Å². The molecule has 1 aromatic rings. The Morgan fingerprint density at radius 2 is 2.11 bits per heavy atom. The van der Waals surface area contributed by atoms with Gasteiger partial charge >= 0.3 is 5.97 Å². The summed E-state index contributed by atoms with van der Waals surface area (Å²) in [6, 6.07) is 3.76. The fourth-order valence-corrected chi connectivity index (χ4v) is 2.66. The Bertz CT molecular complexity index is 473. The molecular formula is C13H18ClN3O2. The SMILES string of the molecule is Nc1ccc(N2CCCC2)c(Cl)c1CNCC(=O)O. The number of carboxylic acids is 1. The number of anilines is 2. The zero-order valence-electron chi connectivity index (χ0n) is 10.7. The fraction of sp³-hybridized carbons (Fsp3) is 0.462. The number of nitrogens with two attached hydrogens (primary N) is 1. The van der Waals surface area contributed by atoms with Crippen molar-refractivity contribution in [2.45, 2.75) is 19.4 Å². The summed E-state index contributed by atoms with van der Waals surface area (Å²) < 4.78 is 0. The molecule has 0 unspecified atom stereocenters. The summed E-state index contributed by atoms with van der Waals surface area (Å²) in [5.74, 6) is -0.898. The normalized spacial score (nSPS) is 14.9. The van der Waals surface area contributed by atoms with Crippen molar-refractivity contribution in [3.05, 3.63) is 22.7 Å². The molecule has 0 amide bonds. The molecule has 6 heteroatoms. The lowest BCUT2D eigenvalue weighted by molar-refractivity contribution is -0.135. The molecule has 0 spiro atoms. The summed E-state index contributed by atoms with van der Waals surface area (Å²) in [7, 11) is 0. The number of hydrogen-bond acceptors (Lipinski definition) is 4. The highest BCUT2D eigenvalue weighted by atomic mass is 35.5. The third-order valence-electron chi connectivity index (χ3n) is 3.28. The van der Waals surface area contributed by atoms with Gasteiger partial charge in [0.15, 0.2) is 0 Å². The van der Waals surface area contributed by atoms with Gasteiger partial charge in [0.25, 0.3) is 0 Å². The van der Waals surface area contributed by atoms with Crippen LogP contribution in [0.5, 0.6) is 0 Å². The van der Waals surface area contributed by atoms with Crippen LogP contribution in [0.15, 0.2) is 12.1 Å². The Morgan fingerprint density at radius 1 is 1.42 bits per heavy atom. The molecule has 0 bridgehead atoms. The summed E-state index contributed by atoms with van der Waals surface area (Å²) in [5.41, 5.74) is 8.26. The second-order valence-electron chi connectivity index (χ2n) is 4.66. The molecule has 0 saturated carbocycles. The molecule has 0 aromatic heterocycles. The van der Waals surface area contributed by atoms with Crippen molar-refractivity contribution in [3.8, 4) is 0 Å². The molecule has 1 aromatic carbocycles. The first-order chi connectivity index (χ1) is 9.09. The van der Waals surface area contributed by atoms with Gasteiger partial charge in [0.2, 0.25) is 0 Å². The second-order valence-corrected chi connectivity index (χ2v) is 5.04. The smallest absolute Gasteiger partial charge is 0.317 e. The Hall–Kier alpha value is -1.46. The zero-order chi connectivity index (χ0) is 13.8. The van der Waals surface area contributed by atoms with Gasteiger partial charge in [0, 0.05) is 30.9 Å². The molecule has 0 aliphatic carbocycles. The van der Waals surface area contributed by atoms with Gasteiger partial charge < -0.3 is 21.1 Å². The van der Waals surface area contributed by atoms with Crippen molar-refractivity contribution < 1.29 is 9.90 Å². The number of hydrogen-bond donors (Lipinski definition) is 3. The van der Waals surface area contributed by atoms with Crippen molar-refractivity contribution in [2.24, 2.45) is 0 Å². The highest BCUT2D eigenvalue weighted by Crippen LogP contribution is 2.34. The first-order valence-electron chi connectivity index (χ1n) is 6.34. The third kappa shape index (κ3) is 3.30. The number of halogens is 1. The van der Waals surface area contributed by atoms with E-state index in [9.17, 15) is 4.79 Å². The first kappa shape index (κ1) is 14.0. The minimum Gasteiger partial charge on any atom is -0.480 e. The second kappa shape index (κ2) is 6.12. The summed E-state index contributed by atoms with van der Waals surface area (Å²) in [6.07, 6.45) is 2.35. The largest absolute Gasteiger partial charge is 0.480 e. The van der Waals surface area contributed by atoms with Crippen LogP contribution in [-0.2, 0) is 11.3 Å². The number of carbonyl (C=O) groups is 1. The molecule has 104 valence electrons. The van der Waals surface area contributed by atoms with E-state index < -0.39 is 5.97 Å². The molecule has 5 nitrogen and oxygen atoms in total.